The fourth-order valence-corrected chi connectivity index (χ4v) is 3.74. The molecule has 7 heteroatoms. The van der Waals surface area contributed by atoms with E-state index in [9.17, 15) is 4.79 Å². The number of hydrogen-bond donors (Lipinski definition) is 0. The van der Waals surface area contributed by atoms with Gasteiger partial charge in [0.15, 0.2) is 5.89 Å². The Hall–Kier alpha value is -2.96. The molecule has 140 valence electrons. The molecule has 0 radical (unpaired) electrons. The number of oxazole rings is 1. The molecule has 7 nitrogen and oxygen atoms in total. The van der Waals surface area contributed by atoms with E-state index in [1.54, 1.807) is 19.3 Å². The summed E-state index contributed by atoms with van der Waals surface area (Å²) in [4.78, 5) is 27.6. The number of carbonyl (C=O) groups is 1. The highest BCUT2D eigenvalue weighted by Gasteiger charge is 2.30. The molecule has 0 N–H and O–H groups in total. The zero-order valence-electron chi connectivity index (χ0n) is 15.6. The van der Waals surface area contributed by atoms with E-state index in [-0.39, 0.29) is 11.8 Å². The van der Waals surface area contributed by atoms with Crippen LogP contribution in [0.15, 0.2) is 41.3 Å². The molecule has 0 saturated carbocycles. The highest BCUT2D eigenvalue weighted by atomic mass is 16.4. The second-order valence-corrected chi connectivity index (χ2v) is 7.01. The molecule has 1 unspecified atom stereocenters. The van der Waals surface area contributed by atoms with Crippen LogP contribution < -0.4 is 0 Å². The number of rotatable bonds is 4. The zero-order valence-corrected chi connectivity index (χ0v) is 15.6. The molecule has 1 aliphatic rings. The lowest BCUT2D eigenvalue weighted by atomic mass is 9.96. The smallest absolute Gasteiger partial charge is 0.291 e. The molecule has 0 aliphatic carbocycles. The summed E-state index contributed by atoms with van der Waals surface area (Å²) in [6, 6.07) is 4.02. The highest BCUT2D eigenvalue weighted by molar-refractivity contribution is 5.92. The fourth-order valence-electron chi connectivity index (χ4n) is 3.74. The Morgan fingerprint density at radius 2 is 2.07 bits per heavy atom. The van der Waals surface area contributed by atoms with Gasteiger partial charge in [-0.3, -0.25) is 9.78 Å². The average Bonchev–Trinajstić information content (AvgIpc) is 3.28. The maximum Gasteiger partial charge on any atom is 0.291 e. The van der Waals surface area contributed by atoms with Crippen LogP contribution in [-0.4, -0.2) is 43.4 Å². The fraction of sp³-hybridized carbons (Fsp3) is 0.400. The van der Waals surface area contributed by atoms with Gasteiger partial charge in [0.2, 0.25) is 5.76 Å². The molecule has 0 bridgehead atoms. The third kappa shape index (κ3) is 3.63. The summed E-state index contributed by atoms with van der Waals surface area (Å²) in [5.74, 6) is 2.04. The summed E-state index contributed by atoms with van der Waals surface area (Å²) in [5.41, 5.74) is 1.83. The van der Waals surface area contributed by atoms with Crippen molar-refractivity contribution in [1.82, 2.24) is 24.4 Å². The number of nitrogens with zero attached hydrogens (tertiary/aromatic N) is 5. The third-order valence-corrected chi connectivity index (χ3v) is 5.02. The van der Waals surface area contributed by atoms with Gasteiger partial charge in [0.25, 0.3) is 5.91 Å². The van der Waals surface area contributed by atoms with Gasteiger partial charge in [-0.1, -0.05) is 0 Å². The van der Waals surface area contributed by atoms with Crippen molar-refractivity contribution >= 4 is 5.91 Å². The second kappa shape index (κ2) is 7.34. The number of aromatic nitrogens is 4. The quantitative estimate of drug-likeness (QED) is 0.710. The maximum absolute atomic E-state index is 12.9. The first-order valence-electron chi connectivity index (χ1n) is 9.25. The number of imidazole rings is 1. The largest absolute Gasteiger partial charge is 0.436 e. The first kappa shape index (κ1) is 17.5. The van der Waals surface area contributed by atoms with Gasteiger partial charge in [-0.25, -0.2) is 9.97 Å². The molecule has 1 amide bonds. The highest BCUT2D eigenvalue weighted by Crippen LogP contribution is 2.28. The summed E-state index contributed by atoms with van der Waals surface area (Å²) >= 11 is 0. The van der Waals surface area contributed by atoms with Crippen molar-refractivity contribution in [3.05, 3.63) is 65.7 Å². The molecule has 4 rings (SSSR count). The molecule has 3 aromatic rings. The van der Waals surface area contributed by atoms with Crippen LogP contribution in [0.4, 0.5) is 0 Å². The summed E-state index contributed by atoms with van der Waals surface area (Å²) in [5, 5.41) is 0. The van der Waals surface area contributed by atoms with Crippen LogP contribution in [0.2, 0.25) is 0 Å². The van der Waals surface area contributed by atoms with Crippen molar-refractivity contribution in [2.75, 3.05) is 13.1 Å². The predicted molar refractivity (Wildman–Crippen MR) is 99.4 cm³/mol. The molecular formula is C20H23N5O2. The topological polar surface area (TPSA) is 77.1 Å². The average molecular weight is 365 g/mol. The maximum atomic E-state index is 12.9. The van der Waals surface area contributed by atoms with E-state index < -0.39 is 0 Å². The monoisotopic (exact) mass is 365 g/mol. The van der Waals surface area contributed by atoms with Crippen LogP contribution in [0.3, 0.4) is 0 Å². The Morgan fingerprint density at radius 1 is 1.26 bits per heavy atom. The molecular weight excluding hydrogens is 342 g/mol. The van der Waals surface area contributed by atoms with Gasteiger partial charge in [0, 0.05) is 57.3 Å². The summed E-state index contributed by atoms with van der Waals surface area (Å²) in [7, 11) is 0. The zero-order chi connectivity index (χ0) is 18.8. The van der Waals surface area contributed by atoms with Gasteiger partial charge in [0.05, 0.1) is 5.69 Å². The Kier molecular flexibility index (Phi) is 4.75. The molecule has 1 atom stereocenters. The van der Waals surface area contributed by atoms with Crippen molar-refractivity contribution in [3.63, 3.8) is 0 Å². The van der Waals surface area contributed by atoms with Gasteiger partial charge < -0.3 is 13.9 Å². The number of hydrogen-bond acceptors (Lipinski definition) is 5. The molecule has 3 aromatic heterocycles. The van der Waals surface area contributed by atoms with E-state index in [0.29, 0.717) is 23.9 Å². The lowest BCUT2D eigenvalue weighted by molar-refractivity contribution is 0.0669. The van der Waals surface area contributed by atoms with Crippen molar-refractivity contribution < 1.29 is 9.21 Å². The lowest BCUT2D eigenvalue weighted by Crippen LogP contribution is -2.40. The Balaban J connectivity index is 1.51. The van der Waals surface area contributed by atoms with E-state index in [0.717, 1.165) is 31.8 Å². The summed E-state index contributed by atoms with van der Waals surface area (Å²) in [6.07, 6.45) is 9.40. The molecule has 27 heavy (non-hydrogen) atoms. The van der Waals surface area contributed by atoms with E-state index in [1.807, 2.05) is 36.4 Å². The number of amides is 1. The minimum atomic E-state index is -0.0787. The first-order valence-corrected chi connectivity index (χ1v) is 9.25. The number of aryl methyl sites for hydroxylation is 2. The van der Waals surface area contributed by atoms with Crippen LogP contribution in [0, 0.1) is 13.8 Å². The minimum absolute atomic E-state index is 0.0787. The van der Waals surface area contributed by atoms with Crippen LogP contribution in [-0.2, 0) is 6.54 Å². The van der Waals surface area contributed by atoms with Crippen LogP contribution >= 0.6 is 0 Å². The standard InChI is InChI=1S/C20H23N5O2/c1-14-18(27-15(2)23-14)20(26)25-10-3-4-17(13-25)19-22-9-11-24(19)12-16-5-7-21-8-6-16/h5-9,11,17H,3-4,10,12-13H2,1-2H3. The van der Waals surface area contributed by atoms with Gasteiger partial charge in [-0.15, -0.1) is 0 Å². The van der Waals surface area contributed by atoms with E-state index in [1.165, 1.54) is 5.56 Å². The van der Waals surface area contributed by atoms with Crippen molar-refractivity contribution in [3.8, 4) is 0 Å². The molecule has 4 heterocycles. The normalized spacial score (nSPS) is 17.3. The second-order valence-electron chi connectivity index (χ2n) is 7.01. The Bertz CT molecular complexity index is 931. The Morgan fingerprint density at radius 3 is 2.81 bits per heavy atom. The lowest BCUT2D eigenvalue weighted by Gasteiger charge is -2.32. The van der Waals surface area contributed by atoms with Gasteiger partial charge in [-0.05, 0) is 37.5 Å². The van der Waals surface area contributed by atoms with Crippen molar-refractivity contribution in [1.29, 1.82) is 0 Å². The van der Waals surface area contributed by atoms with Crippen LogP contribution in [0.1, 0.15) is 52.3 Å². The molecule has 1 fully saturated rings. The van der Waals surface area contributed by atoms with Crippen LogP contribution in [0.5, 0.6) is 0 Å². The summed E-state index contributed by atoms with van der Waals surface area (Å²) in [6.45, 7) is 5.71. The van der Waals surface area contributed by atoms with Crippen molar-refractivity contribution in [2.24, 2.45) is 0 Å². The number of pyridine rings is 1. The van der Waals surface area contributed by atoms with Gasteiger partial charge in [0.1, 0.15) is 5.82 Å². The number of carbonyl (C=O) groups excluding carboxylic acids is 1. The van der Waals surface area contributed by atoms with Crippen LogP contribution in [0.25, 0.3) is 0 Å². The Labute approximate surface area is 158 Å². The number of piperidine rings is 1. The molecule has 1 saturated heterocycles. The number of likely N-dealkylation sites (tertiary alicyclic amines) is 1. The first-order chi connectivity index (χ1) is 13.1. The van der Waals surface area contributed by atoms with E-state index >= 15 is 0 Å². The molecule has 0 spiro atoms. The predicted octanol–water partition coefficient (Wildman–Crippen LogP) is 2.95. The minimum Gasteiger partial charge on any atom is -0.436 e. The third-order valence-electron chi connectivity index (χ3n) is 5.02. The molecule has 1 aliphatic heterocycles. The van der Waals surface area contributed by atoms with Crippen molar-refractivity contribution in [2.45, 2.75) is 39.2 Å². The summed E-state index contributed by atoms with van der Waals surface area (Å²) < 4.78 is 7.69. The van der Waals surface area contributed by atoms with E-state index in [2.05, 4.69) is 19.5 Å². The van der Waals surface area contributed by atoms with E-state index in [4.69, 9.17) is 4.42 Å². The SMILES string of the molecule is Cc1nc(C)c(C(=O)N2CCCC(c3nccn3Cc3ccncc3)C2)o1. The molecule has 0 aromatic carbocycles. The van der Waals surface area contributed by atoms with Gasteiger partial charge >= 0.3 is 0 Å². The van der Waals surface area contributed by atoms with Gasteiger partial charge in [-0.2, -0.15) is 0 Å².